The van der Waals surface area contributed by atoms with Crippen LogP contribution < -0.4 is 5.32 Å². The molecule has 7 nitrogen and oxygen atoms in total. The van der Waals surface area contributed by atoms with Gasteiger partial charge in [0.2, 0.25) is 0 Å². The summed E-state index contributed by atoms with van der Waals surface area (Å²) in [7, 11) is 0. The van der Waals surface area contributed by atoms with Gasteiger partial charge in [-0.05, 0) is 49.8 Å². The molecule has 7 heteroatoms. The molecule has 2 aliphatic carbocycles. The Morgan fingerprint density at radius 1 is 1.38 bits per heavy atom. The molecule has 138 valence electrons. The number of aromatic nitrogens is 3. The van der Waals surface area contributed by atoms with Crippen LogP contribution in [0.4, 0.5) is 0 Å². The summed E-state index contributed by atoms with van der Waals surface area (Å²) in [5.41, 5.74) is 2.95. The predicted molar refractivity (Wildman–Crippen MR) is 97.4 cm³/mol. The molecule has 0 saturated heterocycles. The largest absolute Gasteiger partial charge is 0.480 e. The monoisotopic (exact) mass is 355 g/mol. The third-order valence-corrected chi connectivity index (χ3v) is 5.33. The van der Waals surface area contributed by atoms with Crippen LogP contribution in [0.3, 0.4) is 0 Å². The molecular formula is C19H25N5O2. The number of carboxylic acids is 1. The molecule has 2 heterocycles. The van der Waals surface area contributed by atoms with Gasteiger partial charge in [0, 0.05) is 48.8 Å². The average Bonchev–Trinajstić information content (AvgIpc) is 3.28. The summed E-state index contributed by atoms with van der Waals surface area (Å²) >= 11 is 0. The van der Waals surface area contributed by atoms with Gasteiger partial charge in [-0.3, -0.25) is 19.8 Å². The Labute approximate surface area is 152 Å². The number of aromatic amines is 1. The van der Waals surface area contributed by atoms with E-state index >= 15 is 0 Å². The molecule has 2 fully saturated rings. The Hall–Kier alpha value is -2.25. The molecule has 2 aliphatic rings. The first-order chi connectivity index (χ1) is 12.7. The quantitative estimate of drug-likeness (QED) is 0.636. The summed E-state index contributed by atoms with van der Waals surface area (Å²) in [5.74, 6) is -0.000278. The third-order valence-electron chi connectivity index (χ3n) is 5.33. The van der Waals surface area contributed by atoms with E-state index in [0.29, 0.717) is 12.1 Å². The lowest BCUT2D eigenvalue weighted by molar-refractivity contribution is -0.139. The van der Waals surface area contributed by atoms with Crippen molar-refractivity contribution >= 4 is 5.97 Å². The first-order valence-electron chi connectivity index (χ1n) is 9.31. The zero-order valence-corrected chi connectivity index (χ0v) is 14.8. The van der Waals surface area contributed by atoms with Crippen LogP contribution in [0.25, 0.3) is 11.3 Å². The molecule has 0 atom stereocenters. The number of aliphatic carboxylic acids is 1. The van der Waals surface area contributed by atoms with Crippen LogP contribution >= 0.6 is 0 Å². The number of nitrogens with one attached hydrogen (secondary N) is 2. The van der Waals surface area contributed by atoms with Gasteiger partial charge in [-0.2, -0.15) is 5.10 Å². The summed E-state index contributed by atoms with van der Waals surface area (Å²) in [6, 6.07) is 6.79. The van der Waals surface area contributed by atoms with E-state index in [9.17, 15) is 4.79 Å². The van der Waals surface area contributed by atoms with Crippen molar-refractivity contribution in [1.29, 1.82) is 0 Å². The van der Waals surface area contributed by atoms with E-state index in [2.05, 4.69) is 25.4 Å². The van der Waals surface area contributed by atoms with E-state index in [4.69, 9.17) is 5.11 Å². The summed E-state index contributed by atoms with van der Waals surface area (Å²) in [5, 5.41) is 20.1. The summed E-state index contributed by atoms with van der Waals surface area (Å²) in [6.45, 7) is 1.85. The maximum absolute atomic E-state index is 11.1. The Bertz CT molecular complexity index is 737. The number of carboxylic acid groups (broad SMARTS) is 1. The zero-order valence-electron chi connectivity index (χ0n) is 14.8. The van der Waals surface area contributed by atoms with Gasteiger partial charge in [0.25, 0.3) is 0 Å². The highest BCUT2D eigenvalue weighted by Gasteiger charge is 2.36. The van der Waals surface area contributed by atoms with Crippen molar-refractivity contribution in [3.63, 3.8) is 0 Å². The van der Waals surface area contributed by atoms with Crippen LogP contribution in [0.15, 0.2) is 30.6 Å². The first kappa shape index (κ1) is 17.2. The molecule has 2 aromatic heterocycles. The van der Waals surface area contributed by atoms with E-state index in [1.54, 1.807) is 12.4 Å². The lowest BCUT2D eigenvalue weighted by Crippen LogP contribution is -2.54. The van der Waals surface area contributed by atoms with Crippen molar-refractivity contribution in [3.05, 3.63) is 36.3 Å². The smallest absolute Gasteiger partial charge is 0.317 e. The fourth-order valence-corrected chi connectivity index (χ4v) is 3.57. The molecule has 0 radical (unpaired) electrons. The van der Waals surface area contributed by atoms with E-state index in [1.807, 2.05) is 18.2 Å². The molecular weight excluding hydrogens is 330 g/mol. The number of hydrogen-bond acceptors (Lipinski definition) is 5. The lowest BCUT2D eigenvalue weighted by Gasteiger charge is -2.43. The normalized spacial score (nSPS) is 22.3. The molecule has 4 rings (SSSR count). The molecule has 2 aromatic rings. The fraction of sp³-hybridized carbons (Fsp3) is 0.526. The summed E-state index contributed by atoms with van der Waals surface area (Å²) in [4.78, 5) is 17.4. The average molecular weight is 355 g/mol. The van der Waals surface area contributed by atoms with E-state index in [1.165, 1.54) is 12.8 Å². The van der Waals surface area contributed by atoms with Crippen molar-refractivity contribution in [1.82, 2.24) is 25.4 Å². The summed E-state index contributed by atoms with van der Waals surface area (Å²) < 4.78 is 0. The maximum atomic E-state index is 11.1. The molecule has 3 N–H and O–H groups in total. The molecule has 0 aromatic carbocycles. The van der Waals surface area contributed by atoms with Crippen molar-refractivity contribution in [2.24, 2.45) is 5.92 Å². The number of H-pyrrole nitrogens is 1. The van der Waals surface area contributed by atoms with Crippen LogP contribution in [0.5, 0.6) is 0 Å². The van der Waals surface area contributed by atoms with Crippen LogP contribution in [0.2, 0.25) is 0 Å². The Morgan fingerprint density at radius 2 is 2.23 bits per heavy atom. The summed E-state index contributed by atoms with van der Waals surface area (Å²) in [6.07, 6.45) is 8.10. The van der Waals surface area contributed by atoms with Gasteiger partial charge in [0.15, 0.2) is 0 Å². The minimum atomic E-state index is -0.720. The topological polar surface area (TPSA) is 94.1 Å². The van der Waals surface area contributed by atoms with Gasteiger partial charge in [0.05, 0.1) is 12.2 Å². The van der Waals surface area contributed by atoms with Crippen LogP contribution in [0, 0.1) is 5.92 Å². The van der Waals surface area contributed by atoms with Gasteiger partial charge in [-0.25, -0.2) is 0 Å². The van der Waals surface area contributed by atoms with Crippen molar-refractivity contribution in [2.75, 3.05) is 13.1 Å². The number of hydrogen-bond donors (Lipinski definition) is 3. The van der Waals surface area contributed by atoms with Gasteiger partial charge in [-0.15, -0.1) is 0 Å². The lowest BCUT2D eigenvalue weighted by atomic mass is 9.85. The second-order valence-corrected chi connectivity index (χ2v) is 7.49. The van der Waals surface area contributed by atoms with Crippen LogP contribution in [-0.4, -0.2) is 56.3 Å². The van der Waals surface area contributed by atoms with Crippen molar-refractivity contribution < 1.29 is 9.90 Å². The first-order valence-corrected chi connectivity index (χ1v) is 9.31. The number of pyridine rings is 1. The molecule has 0 unspecified atom stereocenters. The van der Waals surface area contributed by atoms with Gasteiger partial charge >= 0.3 is 5.97 Å². The highest BCUT2D eigenvalue weighted by molar-refractivity contribution is 5.69. The third kappa shape index (κ3) is 4.28. The number of rotatable bonds is 9. The second-order valence-electron chi connectivity index (χ2n) is 7.49. The number of carbonyl (C=O) groups is 1. The van der Waals surface area contributed by atoms with Gasteiger partial charge in [-0.1, -0.05) is 0 Å². The Kier molecular flexibility index (Phi) is 4.99. The van der Waals surface area contributed by atoms with E-state index < -0.39 is 5.97 Å². The molecule has 2 saturated carbocycles. The van der Waals surface area contributed by atoms with Crippen molar-refractivity contribution in [3.8, 4) is 11.3 Å². The van der Waals surface area contributed by atoms with Gasteiger partial charge in [0.1, 0.15) is 0 Å². The van der Waals surface area contributed by atoms with Crippen LogP contribution in [-0.2, 0) is 11.3 Å². The predicted octanol–water partition coefficient (Wildman–Crippen LogP) is 1.89. The standard InChI is InChI=1S/C19H25N5O2/c25-19(26)12-24(11-13-3-4-13)17-6-15(7-17)21-10-16-8-18(23-22-16)14-2-1-5-20-9-14/h1-2,5,8-9,13,15,17,21H,3-4,6-7,10-12H2,(H,22,23)(H,25,26). The molecule has 0 bridgehead atoms. The highest BCUT2D eigenvalue weighted by atomic mass is 16.4. The van der Waals surface area contributed by atoms with E-state index in [0.717, 1.165) is 48.8 Å². The molecule has 0 aliphatic heterocycles. The molecule has 26 heavy (non-hydrogen) atoms. The SMILES string of the molecule is O=C(O)CN(CC1CC1)C1CC(NCc2cc(-c3cccnc3)n[nH]2)C1. The second kappa shape index (κ2) is 7.55. The highest BCUT2D eigenvalue weighted by Crippen LogP contribution is 2.33. The molecule has 0 amide bonds. The fourth-order valence-electron chi connectivity index (χ4n) is 3.57. The Balaban J connectivity index is 1.24. The number of nitrogens with zero attached hydrogens (tertiary/aromatic N) is 3. The minimum Gasteiger partial charge on any atom is -0.480 e. The van der Waals surface area contributed by atoms with E-state index in [-0.39, 0.29) is 6.54 Å². The Morgan fingerprint density at radius 3 is 2.92 bits per heavy atom. The maximum Gasteiger partial charge on any atom is 0.317 e. The van der Waals surface area contributed by atoms with Crippen molar-refractivity contribution in [2.45, 2.75) is 44.3 Å². The molecule has 0 spiro atoms. The van der Waals surface area contributed by atoms with Crippen LogP contribution in [0.1, 0.15) is 31.4 Å². The minimum absolute atomic E-state index is 0.170. The van der Waals surface area contributed by atoms with Gasteiger partial charge < -0.3 is 10.4 Å². The zero-order chi connectivity index (χ0) is 17.9.